The lowest BCUT2D eigenvalue weighted by atomic mass is 10.1. The highest BCUT2D eigenvalue weighted by Gasteiger charge is 2.34. The van der Waals surface area contributed by atoms with E-state index in [0.717, 1.165) is 18.3 Å². The minimum Gasteiger partial charge on any atom is -0.320 e. The van der Waals surface area contributed by atoms with Crippen molar-refractivity contribution in [3.05, 3.63) is 46.2 Å². The van der Waals surface area contributed by atoms with Crippen LogP contribution >= 0.6 is 15.9 Å². The van der Waals surface area contributed by atoms with Crippen LogP contribution in [0.25, 0.3) is 0 Å². The Hall–Kier alpha value is -2.01. The Kier molecular flexibility index (Phi) is 5.47. The summed E-state index contributed by atoms with van der Waals surface area (Å²) < 4.78 is 62.6. The molecule has 0 unspecified atom stereocenters. The van der Waals surface area contributed by atoms with Crippen LogP contribution in [0.3, 0.4) is 0 Å². The first-order valence-electron chi connectivity index (χ1n) is 6.79. The number of para-hydroxylation sites is 1. The summed E-state index contributed by atoms with van der Waals surface area (Å²) in [5, 5.41) is 1.52. The molecule has 0 radical (unpaired) electrons. The van der Waals surface area contributed by atoms with E-state index < -0.39 is 38.3 Å². The first-order chi connectivity index (χ1) is 11.6. The predicted molar refractivity (Wildman–Crippen MR) is 86.9 cm³/mol. The number of anilines is 1. The van der Waals surface area contributed by atoms with Gasteiger partial charge in [0.05, 0.1) is 21.5 Å². The van der Waals surface area contributed by atoms with Crippen LogP contribution in [0.5, 0.6) is 0 Å². The second-order valence-corrected chi connectivity index (χ2v) is 7.78. The first-order valence-corrected chi connectivity index (χ1v) is 9.23. The fourth-order valence-corrected chi connectivity index (χ4v) is 2.88. The van der Waals surface area contributed by atoms with Gasteiger partial charge in [-0.25, -0.2) is 18.4 Å². The molecular formula is C14H11BrF3N3O3S. The molecule has 1 amide bonds. The van der Waals surface area contributed by atoms with Gasteiger partial charge in [0, 0.05) is 6.20 Å². The van der Waals surface area contributed by atoms with E-state index >= 15 is 0 Å². The van der Waals surface area contributed by atoms with E-state index in [0.29, 0.717) is 0 Å². The van der Waals surface area contributed by atoms with Crippen molar-refractivity contribution in [3.8, 4) is 0 Å². The molecule has 0 spiro atoms. The van der Waals surface area contributed by atoms with Crippen molar-refractivity contribution >= 4 is 37.4 Å². The highest BCUT2D eigenvalue weighted by atomic mass is 79.9. The Morgan fingerprint density at radius 3 is 2.52 bits per heavy atom. The van der Waals surface area contributed by atoms with E-state index in [2.05, 4.69) is 31.2 Å². The van der Waals surface area contributed by atoms with Crippen molar-refractivity contribution in [3.63, 3.8) is 0 Å². The fraction of sp³-hybridized carbons (Fsp3) is 0.214. The topological polar surface area (TPSA) is 89.0 Å². The zero-order chi connectivity index (χ0) is 18.8. The Balaban J connectivity index is 2.42. The van der Waals surface area contributed by atoms with Crippen LogP contribution in [0.15, 0.2) is 40.1 Å². The zero-order valence-electron chi connectivity index (χ0n) is 12.6. The molecule has 0 saturated carbocycles. The quantitative estimate of drug-likeness (QED) is 0.741. The average molecular weight is 438 g/mol. The van der Waals surface area contributed by atoms with Crippen LogP contribution in [0.2, 0.25) is 0 Å². The van der Waals surface area contributed by atoms with Crippen molar-refractivity contribution in [2.45, 2.75) is 18.3 Å². The number of benzene rings is 1. The van der Waals surface area contributed by atoms with Crippen molar-refractivity contribution in [2.24, 2.45) is 0 Å². The number of amides is 1. The fourth-order valence-electron chi connectivity index (χ4n) is 1.81. The van der Waals surface area contributed by atoms with Crippen molar-refractivity contribution in [2.75, 3.05) is 11.1 Å². The maximum absolute atomic E-state index is 13.0. The Bertz CT molecular complexity index is 917. The lowest BCUT2D eigenvalue weighted by Crippen LogP contribution is -2.20. The Labute approximate surface area is 149 Å². The summed E-state index contributed by atoms with van der Waals surface area (Å²) in [6.45, 7) is 1.38. The van der Waals surface area contributed by atoms with Crippen LogP contribution in [-0.4, -0.2) is 30.0 Å². The highest BCUT2D eigenvalue weighted by Crippen LogP contribution is 2.34. The van der Waals surface area contributed by atoms with Gasteiger partial charge in [0.25, 0.3) is 5.91 Å². The zero-order valence-corrected chi connectivity index (χ0v) is 15.0. The molecular weight excluding hydrogens is 427 g/mol. The van der Waals surface area contributed by atoms with Crippen molar-refractivity contribution < 1.29 is 26.4 Å². The van der Waals surface area contributed by atoms with Crippen LogP contribution in [0.1, 0.15) is 23.0 Å². The molecule has 1 aromatic heterocycles. The lowest BCUT2D eigenvalue weighted by Gasteiger charge is -2.13. The molecule has 0 atom stereocenters. The number of aromatic nitrogens is 2. The summed E-state index contributed by atoms with van der Waals surface area (Å²) in [6, 6.07) is 4.41. The van der Waals surface area contributed by atoms with Crippen LogP contribution in [0, 0.1) is 0 Å². The third-order valence-corrected chi connectivity index (χ3v) is 5.17. The molecule has 2 aromatic rings. The summed E-state index contributed by atoms with van der Waals surface area (Å²) in [6.07, 6.45) is -3.61. The molecule has 1 aromatic carbocycles. The van der Waals surface area contributed by atoms with E-state index in [1.807, 2.05) is 0 Å². The monoisotopic (exact) mass is 437 g/mol. The molecule has 0 fully saturated rings. The van der Waals surface area contributed by atoms with Gasteiger partial charge in [-0.2, -0.15) is 13.2 Å². The van der Waals surface area contributed by atoms with Gasteiger partial charge in [-0.1, -0.05) is 19.1 Å². The third kappa shape index (κ3) is 4.34. The normalized spacial score (nSPS) is 12.0. The van der Waals surface area contributed by atoms with E-state index in [1.54, 1.807) is 0 Å². The van der Waals surface area contributed by atoms with E-state index in [-0.39, 0.29) is 15.9 Å². The number of carbonyl (C=O) groups is 1. The van der Waals surface area contributed by atoms with Gasteiger partial charge in [0.15, 0.2) is 0 Å². The average Bonchev–Trinajstić information content (AvgIpc) is 2.54. The smallest absolute Gasteiger partial charge is 0.320 e. The summed E-state index contributed by atoms with van der Waals surface area (Å²) in [5.41, 5.74) is -1.89. The van der Waals surface area contributed by atoms with Gasteiger partial charge in [-0.15, -0.1) is 0 Å². The molecule has 134 valence electrons. The first kappa shape index (κ1) is 19.3. The summed E-state index contributed by atoms with van der Waals surface area (Å²) in [5.74, 6) is -1.29. The predicted octanol–water partition coefficient (Wildman–Crippen LogP) is 3.30. The molecule has 1 N–H and O–H groups in total. The molecule has 11 heteroatoms. The lowest BCUT2D eigenvalue weighted by molar-refractivity contribution is -0.136. The molecule has 2 rings (SSSR count). The third-order valence-electron chi connectivity index (χ3n) is 3.08. The maximum atomic E-state index is 13.0. The van der Waals surface area contributed by atoms with Gasteiger partial charge in [-0.05, 0) is 28.1 Å². The second kappa shape index (κ2) is 7.08. The number of halogens is 4. The number of hydrogen-bond acceptors (Lipinski definition) is 5. The highest BCUT2D eigenvalue weighted by molar-refractivity contribution is 9.10. The molecule has 0 aliphatic carbocycles. The van der Waals surface area contributed by atoms with Crippen LogP contribution < -0.4 is 5.32 Å². The van der Waals surface area contributed by atoms with Gasteiger partial charge >= 0.3 is 6.18 Å². The van der Waals surface area contributed by atoms with Crippen LogP contribution in [0.4, 0.5) is 18.9 Å². The van der Waals surface area contributed by atoms with Crippen LogP contribution in [-0.2, 0) is 16.0 Å². The number of rotatable bonds is 4. The number of carbonyl (C=O) groups excluding carboxylic acids is 1. The van der Waals surface area contributed by atoms with Crippen molar-refractivity contribution in [1.82, 2.24) is 9.97 Å². The van der Waals surface area contributed by atoms with Gasteiger partial charge in [0.2, 0.25) is 15.0 Å². The molecule has 0 aliphatic heterocycles. The standard InChI is InChI=1S/C14H11BrF3N3O3S/c1-2-25(23,24)13-19-7-9(15)11(21-13)12(22)20-10-6-4-3-5-8(10)14(16,17)18/h3-7H,2H2,1H3,(H,20,22). The number of hydrogen-bond donors (Lipinski definition) is 1. The number of sulfone groups is 1. The Morgan fingerprint density at radius 2 is 1.92 bits per heavy atom. The largest absolute Gasteiger partial charge is 0.418 e. The number of nitrogens with zero attached hydrogens (tertiary/aromatic N) is 2. The maximum Gasteiger partial charge on any atom is 0.418 e. The van der Waals surface area contributed by atoms with E-state index in [1.165, 1.54) is 19.1 Å². The minimum atomic E-state index is -4.66. The second-order valence-electron chi connectivity index (χ2n) is 4.75. The molecule has 0 bridgehead atoms. The summed E-state index contributed by atoms with van der Waals surface area (Å²) in [4.78, 5) is 19.6. The van der Waals surface area contributed by atoms with Gasteiger partial charge in [-0.3, -0.25) is 4.79 Å². The Morgan fingerprint density at radius 1 is 1.28 bits per heavy atom. The molecule has 1 heterocycles. The minimum absolute atomic E-state index is 0.0459. The molecule has 25 heavy (non-hydrogen) atoms. The van der Waals surface area contributed by atoms with E-state index in [9.17, 15) is 26.4 Å². The summed E-state index contributed by atoms with van der Waals surface area (Å²) in [7, 11) is -3.78. The molecule has 6 nitrogen and oxygen atoms in total. The number of nitrogens with one attached hydrogen (secondary N) is 1. The van der Waals surface area contributed by atoms with Gasteiger partial charge < -0.3 is 5.32 Å². The van der Waals surface area contributed by atoms with E-state index in [4.69, 9.17) is 0 Å². The molecule has 0 aliphatic rings. The van der Waals surface area contributed by atoms with Crippen molar-refractivity contribution in [1.29, 1.82) is 0 Å². The molecule has 0 saturated heterocycles. The SMILES string of the molecule is CCS(=O)(=O)c1ncc(Br)c(C(=O)Nc2ccccc2C(F)(F)F)n1. The summed E-state index contributed by atoms with van der Waals surface area (Å²) >= 11 is 2.99. The van der Waals surface area contributed by atoms with Gasteiger partial charge in [0.1, 0.15) is 5.69 Å². The number of alkyl halides is 3.